The van der Waals surface area contributed by atoms with Crippen LogP contribution in [0.4, 0.5) is 14.5 Å². The molecule has 1 aromatic carbocycles. The van der Waals surface area contributed by atoms with E-state index in [0.717, 1.165) is 23.4 Å². The number of anilines is 1. The molecule has 0 saturated carbocycles. The number of hydrogen-bond donors (Lipinski definition) is 2. The van der Waals surface area contributed by atoms with Crippen molar-refractivity contribution >= 4 is 11.2 Å². The van der Waals surface area contributed by atoms with E-state index in [1.807, 2.05) is 6.07 Å². The summed E-state index contributed by atoms with van der Waals surface area (Å²) >= 11 is 0. The van der Waals surface area contributed by atoms with Crippen molar-refractivity contribution in [1.82, 2.24) is 19.6 Å². The Balaban J connectivity index is 1.43. The zero-order valence-electron chi connectivity index (χ0n) is 23.3. The molecule has 0 amide bonds. The van der Waals surface area contributed by atoms with E-state index in [0.29, 0.717) is 43.9 Å². The summed E-state index contributed by atoms with van der Waals surface area (Å²) in [5, 5.41) is 23.6. The fourth-order valence-corrected chi connectivity index (χ4v) is 5.42. The van der Waals surface area contributed by atoms with Gasteiger partial charge in [0.05, 0.1) is 53.8 Å². The van der Waals surface area contributed by atoms with Gasteiger partial charge in [-0.3, -0.25) is 4.98 Å². The summed E-state index contributed by atoms with van der Waals surface area (Å²) in [6.45, 7) is 6.67. The summed E-state index contributed by atoms with van der Waals surface area (Å²) in [6.07, 6.45) is 5.73. The first-order valence-corrected chi connectivity index (χ1v) is 13.5. The Morgan fingerprint density at radius 3 is 2.61 bits per heavy atom. The van der Waals surface area contributed by atoms with Crippen molar-refractivity contribution in [2.24, 2.45) is 11.7 Å². The molecule has 3 aromatic heterocycles. The van der Waals surface area contributed by atoms with Crippen molar-refractivity contribution in [1.29, 1.82) is 5.26 Å². The zero-order chi connectivity index (χ0) is 29.3. The van der Waals surface area contributed by atoms with E-state index in [1.165, 1.54) is 13.8 Å². The number of imidazole rings is 1. The Morgan fingerprint density at radius 1 is 1.17 bits per heavy atom. The van der Waals surface area contributed by atoms with Crippen LogP contribution in [0.25, 0.3) is 16.8 Å². The summed E-state index contributed by atoms with van der Waals surface area (Å²) in [4.78, 5) is 11.1. The van der Waals surface area contributed by atoms with Gasteiger partial charge in [0.25, 0.3) is 0 Å². The van der Waals surface area contributed by atoms with Crippen LogP contribution in [0.5, 0.6) is 0 Å². The molecule has 0 bridgehead atoms. The van der Waals surface area contributed by atoms with Crippen LogP contribution in [0.1, 0.15) is 44.1 Å². The number of aliphatic hydroxyl groups is 1. The van der Waals surface area contributed by atoms with E-state index in [2.05, 4.69) is 33.0 Å². The van der Waals surface area contributed by atoms with Gasteiger partial charge >= 0.3 is 0 Å². The minimum atomic E-state index is -1.39. The maximum absolute atomic E-state index is 15.1. The molecule has 0 unspecified atom stereocenters. The van der Waals surface area contributed by atoms with Crippen LogP contribution in [-0.4, -0.2) is 56.5 Å². The molecule has 1 fully saturated rings. The van der Waals surface area contributed by atoms with Crippen molar-refractivity contribution in [3.63, 3.8) is 0 Å². The smallest absolute Gasteiger partial charge is 0.136 e. The maximum Gasteiger partial charge on any atom is 0.136 e. The van der Waals surface area contributed by atoms with E-state index in [4.69, 9.17) is 15.7 Å². The quantitative estimate of drug-likeness (QED) is 0.310. The van der Waals surface area contributed by atoms with Gasteiger partial charge in [0.15, 0.2) is 0 Å². The van der Waals surface area contributed by atoms with Gasteiger partial charge < -0.3 is 20.5 Å². The summed E-state index contributed by atoms with van der Waals surface area (Å²) in [6, 6.07) is 9.32. The normalized spacial score (nSPS) is 19.5. The van der Waals surface area contributed by atoms with Gasteiger partial charge in [0.2, 0.25) is 0 Å². The number of rotatable bonds is 8. The Morgan fingerprint density at radius 2 is 1.93 bits per heavy atom. The van der Waals surface area contributed by atoms with Gasteiger partial charge in [0.1, 0.15) is 17.5 Å². The predicted molar refractivity (Wildman–Crippen MR) is 150 cm³/mol. The maximum atomic E-state index is 15.1. The lowest BCUT2D eigenvalue weighted by Crippen LogP contribution is -2.57. The van der Waals surface area contributed by atoms with Crippen LogP contribution in [0.15, 0.2) is 48.9 Å². The van der Waals surface area contributed by atoms with Crippen molar-refractivity contribution in [2.45, 2.75) is 51.4 Å². The molecule has 3 atom stereocenters. The van der Waals surface area contributed by atoms with E-state index in [1.54, 1.807) is 35.2 Å². The summed E-state index contributed by atoms with van der Waals surface area (Å²) < 4.78 is 37.6. The minimum Gasteiger partial charge on any atom is -0.386 e. The average Bonchev–Trinajstić information content (AvgIpc) is 3.31. The highest BCUT2D eigenvalue weighted by Crippen LogP contribution is 2.31. The van der Waals surface area contributed by atoms with Gasteiger partial charge in [-0.25, -0.2) is 18.3 Å². The van der Waals surface area contributed by atoms with Crippen LogP contribution in [0.3, 0.4) is 0 Å². The molecule has 0 aliphatic carbocycles. The molecule has 1 aliphatic heterocycles. The Bertz CT molecular complexity index is 1560. The van der Waals surface area contributed by atoms with E-state index in [-0.39, 0.29) is 34.9 Å². The van der Waals surface area contributed by atoms with Gasteiger partial charge in [-0.15, -0.1) is 0 Å². The molecule has 4 aromatic rings. The van der Waals surface area contributed by atoms with Crippen LogP contribution < -0.4 is 10.6 Å². The third-order valence-corrected chi connectivity index (χ3v) is 7.47. The second-order valence-electron chi connectivity index (χ2n) is 11.1. The first-order chi connectivity index (χ1) is 19.6. The van der Waals surface area contributed by atoms with Gasteiger partial charge in [-0.1, -0.05) is 6.92 Å². The highest BCUT2D eigenvalue weighted by Gasteiger charge is 2.34. The number of nitrogens with zero attached hydrogens (tertiary/aromatic N) is 6. The molecular formula is C30H33F2N7O2. The average molecular weight is 562 g/mol. The monoisotopic (exact) mass is 561 g/mol. The van der Waals surface area contributed by atoms with E-state index < -0.39 is 17.2 Å². The number of ether oxygens (including phenoxy) is 1. The summed E-state index contributed by atoms with van der Waals surface area (Å²) in [7, 11) is 0. The van der Waals surface area contributed by atoms with Crippen molar-refractivity contribution in [2.75, 3.05) is 24.6 Å². The minimum absolute atomic E-state index is 0.110. The lowest BCUT2D eigenvalue weighted by atomic mass is 9.91. The number of fused-ring (bicyclic) bond motifs is 1. The Labute approximate surface area is 237 Å². The summed E-state index contributed by atoms with van der Waals surface area (Å²) in [5.41, 5.74) is 7.63. The van der Waals surface area contributed by atoms with Crippen LogP contribution in [0, 0.1) is 28.9 Å². The molecule has 1 saturated heterocycles. The van der Waals surface area contributed by atoms with Crippen LogP contribution in [0.2, 0.25) is 0 Å². The number of nitriles is 1. The van der Waals surface area contributed by atoms with Gasteiger partial charge in [0, 0.05) is 55.1 Å². The number of halogens is 2. The topological polar surface area (TPSA) is 126 Å². The number of piperidine rings is 1. The molecule has 3 N–H and O–H groups in total. The second-order valence-corrected chi connectivity index (χ2v) is 11.1. The van der Waals surface area contributed by atoms with Crippen molar-refractivity contribution in [3.8, 4) is 17.3 Å². The standard InChI is InChI=1S/C30H33F2N7O2/c1-18-16-38(17-24(34)29(18)41-10-4-8-33)26-7-9-35-14-19(26)11-27-36-15-21-5-6-25(37-39(21)27)28-22(31)12-20(13-23(28)32)30(2,3)40/h5-7,9,12-15,18,24,29,40H,4,10-11,16-17,34H2,1-3H3/t18-,24+,29-/m0/s1. The number of nitrogens with two attached hydrogens (primary N) is 1. The third-order valence-electron chi connectivity index (χ3n) is 7.47. The molecule has 9 nitrogen and oxygen atoms in total. The van der Waals surface area contributed by atoms with Crippen LogP contribution in [-0.2, 0) is 16.8 Å². The largest absolute Gasteiger partial charge is 0.386 e. The molecule has 41 heavy (non-hydrogen) atoms. The highest BCUT2D eigenvalue weighted by molar-refractivity contribution is 5.63. The summed E-state index contributed by atoms with van der Waals surface area (Å²) in [5.74, 6) is -0.897. The molecule has 4 heterocycles. The molecule has 214 valence electrons. The van der Waals surface area contributed by atoms with Gasteiger partial charge in [-0.05, 0) is 49.7 Å². The predicted octanol–water partition coefficient (Wildman–Crippen LogP) is 3.97. The number of aromatic nitrogens is 4. The fraction of sp³-hybridized carbons (Fsp3) is 0.400. The first-order valence-electron chi connectivity index (χ1n) is 13.5. The SMILES string of the molecule is C[C@H]1CN(c2ccncc2Cc2ncc3ccc(-c4c(F)cc(C(C)(C)O)cc4F)nn23)C[C@@H](N)[C@H]1OCCC#N. The lowest BCUT2D eigenvalue weighted by molar-refractivity contribution is -0.00335. The molecular weight excluding hydrogens is 528 g/mol. The Kier molecular flexibility index (Phi) is 8.00. The Hall–Kier alpha value is -3.98. The number of benzene rings is 1. The van der Waals surface area contributed by atoms with E-state index in [9.17, 15) is 5.11 Å². The zero-order valence-corrected chi connectivity index (χ0v) is 23.3. The fourth-order valence-electron chi connectivity index (χ4n) is 5.42. The molecule has 11 heteroatoms. The third kappa shape index (κ3) is 5.91. The molecule has 1 aliphatic rings. The van der Waals surface area contributed by atoms with Crippen molar-refractivity contribution in [3.05, 3.63) is 77.5 Å². The lowest BCUT2D eigenvalue weighted by Gasteiger charge is -2.42. The highest BCUT2D eigenvalue weighted by atomic mass is 19.1. The number of hydrogen-bond acceptors (Lipinski definition) is 8. The molecule has 0 radical (unpaired) electrons. The second kappa shape index (κ2) is 11.5. The molecule has 5 rings (SSSR count). The molecule has 0 spiro atoms. The number of pyridine rings is 1. The van der Waals surface area contributed by atoms with Crippen LogP contribution >= 0.6 is 0 Å². The van der Waals surface area contributed by atoms with E-state index >= 15 is 8.78 Å². The van der Waals surface area contributed by atoms with Gasteiger partial charge in [-0.2, -0.15) is 10.4 Å². The first kappa shape index (κ1) is 28.5. The van der Waals surface area contributed by atoms with Crippen molar-refractivity contribution < 1.29 is 18.6 Å².